The molecule has 0 saturated carbocycles. The SMILES string of the molecule is Cc1cc(/C=N/NC(=O)c2cc3ccccc3o2)c(C)n1-c1ccc(Oc2ccc([N+](=O)[O-])cn2)cc1. The third-order valence-corrected chi connectivity index (χ3v) is 5.74. The van der Waals surface area contributed by atoms with Gasteiger partial charge in [-0.3, -0.25) is 14.9 Å². The Bertz CT molecular complexity index is 1600. The van der Waals surface area contributed by atoms with Crippen LogP contribution < -0.4 is 10.2 Å². The van der Waals surface area contributed by atoms with Crippen LogP contribution in [0.25, 0.3) is 16.7 Å². The van der Waals surface area contributed by atoms with Crippen LogP contribution >= 0.6 is 0 Å². The highest BCUT2D eigenvalue weighted by Crippen LogP contribution is 2.25. The summed E-state index contributed by atoms with van der Waals surface area (Å²) in [6.07, 6.45) is 2.75. The number of hydrogen-bond acceptors (Lipinski definition) is 7. The van der Waals surface area contributed by atoms with Crippen molar-refractivity contribution in [3.63, 3.8) is 0 Å². The Labute approximate surface area is 211 Å². The lowest BCUT2D eigenvalue weighted by molar-refractivity contribution is -0.385. The van der Waals surface area contributed by atoms with Crippen LogP contribution in [-0.4, -0.2) is 26.6 Å². The van der Waals surface area contributed by atoms with E-state index in [1.165, 1.54) is 12.1 Å². The van der Waals surface area contributed by atoms with Crippen molar-refractivity contribution in [2.24, 2.45) is 5.10 Å². The predicted molar refractivity (Wildman–Crippen MR) is 137 cm³/mol. The Hall–Kier alpha value is -5.25. The lowest BCUT2D eigenvalue weighted by Gasteiger charge is -2.11. The van der Waals surface area contributed by atoms with E-state index >= 15 is 0 Å². The average molecular weight is 495 g/mol. The molecule has 10 nitrogen and oxygen atoms in total. The fraction of sp³-hybridized carbons (Fsp3) is 0.0741. The van der Waals surface area contributed by atoms with Gasteiger partial charge in [0.25, 0.3) is 5.69 Å². The number of nitro groups is 1. The van der Waals surface area contributed by atoms with E-state index in [9.17, 15) is 14.9 Å². The van der Waals surface area contributed by atoms with Gasteiger partial charge in [-0.2, -0.15) is 5.10 Å². The summed E-state index contributed by atoms with van der Waals surface area (Å²) in [5, 5.41) is 15.7. The van der Waals surface area contributed by atoms with Crippen molar-refractivity contribution < 1.29 is 18.9 Å². The first-order valence-corrected chi connectivity index (χ1v) is 11.3. The van der Waals surface area contributed by atoms with Gasteiger partial charge in [-0.05, 0) is 56.3 Å². The number of nitrogens with one attached hydrogen (secondary N) is 1. The van der Waals surface area contributed by atoms with Gasteiger partial charge in [-0.1, -0.05) is 18.2 Å². The number of benzene rings is 2. The number of hydrogen-bond donors (Lipinski definition) is 1. The molecule has 0 atom stereocenters. The Morgan fingerprint density at radius 1 is 1.11 bits per heavy atom. The summed E-state index contributed by atoms with van der Waals surface area (Å²) in [6, 6.07) is 21.2. The molecule has 10 heteroatoms. The number of carbonyl (C=O) groups excluding carboxylic acids is 1. The van der Waals surface area contributed by atoms with Crippen LogP contribution in [0.2, 0.25) is 0 Å². The molecule has 0 aliphatic heterocycles. The van der Waals surface area contributed by atoms with Crippen molar-refractivity contribution in [3.8, 4) is 17.3 Å². The van der Waals surface area contributed by atoms with Gasteiger partial charge in [0.15, 0.2) is 5.76 Å². The second-order valence-electron chi connectivity index (χ2n) is 8.22. The lowest BCUT2D eigenvalue weighted by atomic mass is 10.2. The molecular formula is C27H21N5O5. The summed E-state index contributed by atoms with van der Waals surface area (Å²) in [5.74, 6) is 0.562. The van der Waals surface area contributed by atoms with Crippen LogP contribution in [0.5, 0.6) is 11.6 Å². The highest BCUT2D eigenvalue weighted by Gasteiger charge is 2.13. The summed E-state index contributed by atoms with van der Waals surface area (Å²) in [6.45, 7) is 3.93. The molecule has 5 aromatic rings. The first-order chi connectivity index (χ1) is 17.9. The van der Waals surface area contributed by atoms with E-state index in [1.807, 2.05) is 50.2 Å². The van der Waals surface area contributed by atoms with Crippen LogP contribution in [0, 0.1) is 24.0 Å². The van der Waals surface area contributed by atoms with Crippen molar-refractivity contribution in [3.05, 3.63) is 112 Å². The van der Waals surface area contributed by atoms with Crippen molar-refractivity contribution >= 4 is 28.8 Å². The van der Waals surface area contributed by atoms with E-state index in [-0.39, 0.29) is 17.3 Å². The molecule has 3 heterocycles. The molecule has 1 N–H and O–H groups in total. The minimum Gasteiger partial charge on any atom is -0.451 e. The van der Waals surface area contributed by atoms with E-state index < -0.39 is 10.8 Å². The molecule has 0 fully saturated rings. The summed E-state index contributed by atoms with van der Waals surface area (Å²) in [5.41, 5.74) is 6.72. The molecule has 3 aromatic heterocycles. The van der Waals surface area contributed by atoms with E-state index in [1.54, 1.807) is 30.5 Å². The number of carbonyl (C=O) groups is 1. The molecule has 0 aliphatic rings. The number of aromatic nitrogens is 2. The van der Waals surface area contributed by atoms with Crippen LogP contribution in [-0.2, 0) is 0 Å². The molecule has 0 bridgehead atoms. The zero-order valence-electron chi connectivity index (χ0n) is 19.9. The first kappa shape index (κ1) is 23.5. The maximum Gasteiger partial charge on any atom is 0.307 e. The van der Waals surface area contributed by atoms with Crippen LogP contribution in [0.1, 0.15) is 27.5 Å². The van der Waals surface area contributed by atoms with Gasteiger partial charge in [-0.25, -0.2) is 10.4 Å². The third-order valence-electron chi connectivity index (χ3n) is 5.74. The van der Waals surface area contributed by atoms with Crippen molar-refractivity contribution in [1.82, 2.24) is 15.0 Å². The van der Waals surface area contributed by atoms with Crippen LogP contribution in [0.4, 0.5) is 5.69 Å². The molecule has 0 aliphatic carbocycles. The van der Waals surface area contributed by atoms with Gasteiger partial charge in [0.05, 0.1) is 11.1 Å². The van der Waals surface area contributed by atoms with Gasteiger partial charge in [0.1, 0.15) is 17.5 Å². The molecule has 184 valence electrons. The van der Waals surface area contributed by atoms with Gasteiger partial charge >= 0.3 is 5.91 Å². The Kier molecular flexibility index (Phi) is 6.21. The largest absolute Gasteiger partial charge is 0.451 e. The number of ether oxygens (including phenoxy) is 1. The topological polar surface area (TPSA) is 125 Å². The Balaban J connectivity index is 1.27. The minimum absolute atomic E-state index is 0.102. The highest BCUT2D eigenvalue weighted by molar-refractivity contribution is 5.96. The molecule has 37 heavy (non-hydrogen) atoms. The Morgan fingerprint density at radius 3 is 2.59 bits per heavy atom. The Morgan fingerprint density at radius 2 is 1.89 bits per heavy atom. The monoisotopic (exact) mass is 495 g/mol. The smallest absolute Gasteiger partial charge is 0.307 e. The standard InChI is InChI=1S/C27H21N5O5/c1-17-13-20(15-29-30-27(33)25-14-19-5-3-4-6-24(19)37-25)18(2)31(17)21-7-10-23(11-8-21)36-26-12-9-22(16-28-26)32(34)35/h3-16H,1-2H3,(H,30,33)/b29-15+. The molecule has 0 radical (unpaired) electrons. The second-order valence-corrected chi connectivity index (χ2v) is 8.22. The minimum atomic E-state index is -0.513. The number of amides is 1. The van der Waals surface area contributed by atoms with E-state index in [0.717, 1.165) is 34.2 Å². The fourth-order valence-electron chi connectivity index (χ4n) is 3.95. The van der Waals surface area contributed by atoms with Crippen molar-refractivity contribution in [1.29, 1.82) is 0 Å². The van der Waals surface area contributed by atoms with Crippen LogP contribution in [0.3, 0.4) is 0 Å². The van der Waals surface area contributed by atoms with Crippen molar-refractivity contribution in [2.75, 3.05) is 0 Å². The normalized spacial score (nSPS) is 11.2. The fourth-order valence-corrected chi connectivity index (χ4v) is 3.95. The maximum atomic E-state index is 12.4. The summed E-state index contributed by atoms with van der Waals surface area (Å²) in [7, 11) is 0. The lowest BCUT2D eigenvalue weighted by Crippen LogP contribution is -2.16. The molecule has 1 amide bonds. The van der Waals surface area contributed by atoms with Crippen molar-refractivity contribution in [2.45, 2.75) is 13.8 Å². The molecule has 0 saturated heterocycles. The number of fused-ring (bicyclic) bond motifs is 1. The molecule has 5 rings (SSSR count). The number of pyridine rings is 1. The van der Waals surface area contributed by atoms with E-state index in [4.69, 9.17) is 9.15 Å². The highest BCUT2D eigenvalue weighted by atomic mass is 16.6. The quantitative estimate of drug-likeness (QED) is 0.175. The summed E-state index contributed by atoms with van der Waals surface area (Å²) < 4.78 is 13.3. The number of aryl methyl sites for hydroxylation is 1. The molecule has 0 spiro atoms. The number of para-hydroxylation sites is 1. The zero-order chi connectivity index (χ0) is 25.9. The molecule has 0 unspecified atom stereocenters. The number of nitrogens with zero attached hydrogens (tertiary/aromatic N) is 4. The average Bonchev–Trinajstić information content (AvgIpc) is 3.45. The predicted octanol–water partition coefficient (Wildman–Crippen LogP) is 5.70. The van der Waals surface area contributed by atoms with Gasteiger partial charge in [-0.15, -0.1) is 0 Å². The number of hydrazone groups is 1. The number of furan rings is 1. The first-order valence-electron chi connectivity index (χ1n) is 11.3. The van der Waals surface area contributed by atoms with Gasteiger partial charge < -0.3 is 13.7 Å². The third kappa shape index (κ3) is 4.94. The van der Waals surface area contributed by atoms with E-state index in [2.05, 4.69) is 20.1 Å². The molecule has 2 aromatic carbocycles. The molecular weight excluding hydrogens is 474 g/mol. The summed E-state index contributed by atoms with van der Waals surface area (Å²) in [4.78, 5) is 26.6. The van der Waals surface area contributed by atoms with Gasteiger partial charge in [0.2, 0.25) is 5.88 Å². The summed E-state index contributed by atoms with van der Waals surface area (Å²) >= 11 is 0. The number of rotatable bonds is 7. The van der Waals surface area contributed by atoms with Gasteiger partial charge in [0, 0.05) is 40.2 Å². The maximum absolute atomic E-state index is 12.4. The van der Waals surface area contributed by atoms with Crippen LogP contribution in [0.15, 0.2) is 88.5 Å². The second kappa shape index (κ2) is 9.78. The zero-order valence-corrected chi connectivity index (χ0v) is 19.9. The van der Waals surface area contributed by atoms with E-state index in [0.29, 0.717) is 11.3 Å².